The molecule has 0 heterocycles. The van der Waals surface area contributed by atoms with Crippen LogP contribution in [0, 0.1) is 11.8 Å². The molecule has 2 unspecified atom stereocenters. The van der Waals surface area contributed by atoms with Gasteiger partial charge in [0.1, 0.15) is 17.1 Å². The Labute approximate surface area is 234 Å². The maximum atomic E-state index is 14.0. The first-order chi connectivity index (χ1) is 19.0. The van der Waals surface area contributed by atoms with Crippen LogP contribution in [-0.2, 0) is 30.3 Å². The molecule has 4 atom stereocenters. The molecule has 0 saturated heterocycles. The highest BCUT2D eigenvalue weighted by molar-refractivity contribution is 6.24. The second-order valence-electron chi connectivity index (χ2n) is 10.8. The number of carbonyl (C=O) groups excluding carboxylic acids is 5. The number of aliphatic hydroxyl groups is 3. The molecule has 14 nitrogen and oxygen atoms in total. The molecule has 1 radical (unpaired) electrons. The fraction of sp³-hybridized carbons (Fsp3) is 0.444. The minimum absolute atomic E-state index is 0.0683. The number of aromatic hydroxyl groups is 1. The number of aliphatic hydroxyl groups excluding tert-OH is 2. The molecule has 3 aliphatic rings. The number of phenolic OH excluding ortho intramolecular Hbond substituents is 1. The van der Waals surface area contributed by atoms with Crippen molar-refractivity contribution < 1.29 is 49.1 Å². The van der Waals surface area contributed by atoms with Gasteiger partial charge in [0.25, 0.3) is 11.8 Å². The number of ketones is 2. The zero-order valence-electron chi connectivity index (χ0n) is 23.1. The quantitative estimate of drug-likeness (QED) is 0.173. The Morgan fingerprint density at radius 2 is 1.78 bits per heavy atom. The molecule has 0 fully saturated rings. The van der Waals surface area contributed by atoms with Gasteiger partial charge in [0.15, 0.2) is 23.7 Å². The second-order valence-corrected chi connectivity index (χ2v) is 10.8. The fourth-order valence-electron chi connectivity index (χ4n) is 6.13. The van der Waals surface area contributed by atoms with Crippen molar-refractivity contribution in [3.63, 3.8) is 0 Å². The third kappa shape index (κ3) is 4.48. The molecule has 0 spiro atoms. The van der Waals surface area contributed by atoms with Crippen molar-refractivity contribution in [3.05, 3.63) is 39.9 Å². The minimum atomic E-state index is -2.80. The number of hydrogen-bond acceptors (Lipinski definition) is 12. The number of hydrogen-bond donors (Lipinski definition) is 5. The monoisotopic (exact) mass is 571 g/mol. The average Bonchev–Trinajstić information content (AvgIpc) is 2.85. The maximum Gasteiger partial charge on any atom is 0.303 e. The zero-order valence-corrected chi connectivity index (χ0v) is 23.1. The number of Topliss-reactive ketones (excluding diaryl/α,β-unsaturated/α-hetero) is 2. The van der Waals surface area contributed by atoms with E-state index in [-0.39, 0.29) is 29.7 Å². The predicted molar refractivity (Wildman–Crippen MR) is 142 cm³/mol. The van der Waals surface area contributed by atoms with E-state index >= 15 is 0 Å². The summed E-state index contributed by atoms with van der Waals surface area (Å²) in [4.78, 5) is 65.8. The highest BCUT2D eigenvalue weighted by atomic mass is 16.5. The Balaban J connectivity index is 1.90. The summed E-state index contributed by atoms with van der Waals surface area (Å²) in [6, 6.07) is 0.299. The summed E-state index contributed by atoms with van der Waals surface area (Å²) in [6.07, 6.45) is -0.00741. The second kappa shape index (κ2) is 10.2. The highest BCUT2D eigenvalue weighted by Crippen LogP contribution is 2.53. The van der Waals surface area contributed by atoms with Crippen LogP contribution < -0.4 is 16.0 Å². The first kappa shape index (κ1) is 29.6. The molecule has 41 heavy (non-hydrogen) atoms. The Morgan fingerprint density at radius 3 is 2.32 bits per heavy atom. The minimum Gasteiger partial charge on any atom is -0.510 e. The van der Waals surface area contributed by atoms with Crippen molar-refractivity contribution >= 4 is 40.7 Å². The van der Waals surface area contributed by atoms with Gasteiger partial charge in [0.2, 0.25) is 5.78 Å². The van der Waals surface area contributed by atoms with E-state index < -0.39 is 82.3 Å². The van der Waals surface area contributed by atoms with Crippen LogP contribution in [0.3, 0.4) is 0 Å². The van der Waals surface area contributed by atoms with E-state index in [1.807, 2.05) is 0 Å². The van der Waals surface area contributed by atoms with Gasteiger partial charge in [-0.3, -0.25) is 34.6 Å². The number of rotatable bonds is 6. The van der Waals surface area contributed by atoms with Gasteiger partial charge in [0.05, 0.1) is 17.3 Å². The van der Waals surface area contributed by atoms with Crippen molar-refractivity contribution in [2.45, 2.75) is 31.4 Å². The van der Waals surface area contributed by atoms with E-state index in [0.717, 1.165) is 6.92 Å². The number of amides is 2. The summed E-state index contributed by atoms with van der Waals surface area (Å²) in [7, 11) is 6.41. The number of nitrogens with one attached hydrogen (secondary N) is 2. The highest BCUT2D eigenvalue weighted by Gasteiger charge is 2.63. The van der Waals surface area contributed by atoms with Gasteiger partial charge in [0, 0.05) is 38.2 Å². The van der Waals surface area contributed by atoms with Crippen LogP contribution in [0.4, 0.5) is 11.4 Å². The van der Waals surface area contributed by atoms with Crippen LogP contribution in [0.2, 0.25) is 0 Å². The lowest BCUT2D eigenvalue weighted by Crippen LogP contribution is -2.63. The van der Waals surface area contributed by atoms with Crippen LogP contribution in [0.15, 0.2) is 28.7 Å². The summed E-state index contributed by atoms with van der Waals surface area (Å²) in [5, 5.41) is 47.4. The average molecular weight is 572 g/mol. The van der Waals surface area contributed by atoms with Gasteiger partial charge >= 0.3 is 5.97 Å². The Bertz CT molecular complexity index is 1460. The van der Waals surface area contributed by atoms with E-state index in [1.54, 1.807) is 19.0 Å². The summed E-state index contributed by atoms with van der Waals surface area (Å²) < 4.78 is 4.67. The number of fused-ring (bicyclic) bond motifs is 3. The molecule has 2 amide bonds. The summed E-state index contributed by atoms with van der Waals surface area (Å²) in [5.41, 5.74) is 3.71. The molecule has 0 bridgehead atoms. The third-order valence-corrected chi connectivity index (χ3v) is 7.84. The van der Waals surface area contributed by atoms with Crippen molar-refractivity contribution in [2.24, 2.45) is 11.8 Å². The lowest BCUT2D eigenvalue weighted by Gasteiger charge is -2.50. The standard InChI is InChI=1S/C27H31N4O10/c1-10(32)41-9-16(33)29-14-8-15(30(2)3)12-6-11-7-13-20(31(4)5)23(36)19(26(28)39)25(38)27(13,40)24(37)17(11)22(35)18(12)21(14)34/h8,11,13,20,28,34,36-37,40H,6-7,9H2,1-5H3,(H,29,33)/t11?,13?,20-,27-/m0/s1. The lowest BCUT2D eigenvalue weighted by atomic mass is 9.58. The first-order valence-corrected chi connectivity index (χ1v) is 12.6. The number of allylic oxidation sites excluding steroid dienone is 1. The van der Waals surface area contributed by atoms with Crippen LogP contribution in [0.5, 0.6) is 5.75 Å². The van der Waals surface area contributed by atoms with E-state index in [1.165, 1.54) is 25.1 Å². The smallest absolute Gasteiger partial charge is 0.303 e. The Kier molecular flexibility index (Phi) is 7.35. The Hall–Kier alpha value is -4.43. The number of nitrogens with zero attached hydrogens (tertiary/aromatic N) is 2. The van der Waals surface area contributed by atoms with Crippen LogP contribution in [-0.4, -0.2) is 101 Å². The van der Waals surface area contributed by atoms with E-state index in [9.17, 15) is 44.4 Å². The number of esters is 1. The Morgan fingerprint density at radius 1 is 1.15 bits per heavy atom. The maximum absolute atomic E-state index is 14.0. The van der Waals surface area contributed by atoms with Crippen LogP contribution in [0.25, 0.3) is 0 Å². The van der Waals surface area contributed by atoms with Crippen LogP contribution >= 0.6 is 0 Å². The summed E-state index contributed by atoms with van der Waals surface area (Å²) in [6.45, 7) is 0.468. The SMILES string of the molecule is CC(=O)OCC(=O)Nc1cc(N(C)C)c2c(c1O)C(=O)C1=C(O)[C@]3(O)C(=O)C(C([NH])=O)=C(O)[C@@H](N(C)C)C3CC1C2. The molecule has 4 rings (SSSR count). The molecule has 0 aliphatic heterocycles. The molecule has 0 aromatic heterocycles. The number of anilines is 2. The fourth-order valence-corrected chi connectivity index (χ4v) is 6.13. The van der Waals surface area contributed by atoms with Crippen molar-refractivity contribution in [2.75, 3.05) is 45.0 Å². The number of likely N-dealkylation sites (N-methyl/N-ethyl adjacent to an activating group) is 1. The lowest BCUT2D eigenvalue weighted by molar-refractivity contribution is -0.148. The largest absolute Gasteiger partial charge is 0.510 e. The molecule has 0 saturated carbocycles. The molecular formula is C27H31N4O10. The molecule has 1 aromatic carbocycles. The molecule has 3 aliphatic carbocycles. The molecule has 14 heteroatoms. The van der Waals surface area contributed by atoms with Gasteiger partial charge < -0.3 is 35.4 Å². The summed E-state index contributed by atoms with van der Waals surface area (Å²) in [5.74, 6) is -9.68. The summed E-state index contributed by atoms with van der Waals surface area (Å²) >= 11 is 0. The van der Waals surface area contributed by atoms with Gasteiger partial charge in [-0.05, 0) is 44.5 Å². The predicted octanol–water partition coefficient (Wildman–Crippen LogP) is 0.0124. The van der Waals surface area contributed by atoms with Crippen molar-refractivity contribution in [1.82, 2.24) is 10.6 Å². The number of ether oxygens (including phenoxy) is 1. The van der Waals surface area contributed by atoms with Gasteiger partial charge in [-0.25, -0.2) is 0 Å². The van der Waals surface area contributed by atoms with Gasteiger partial charge in [-0.1, -0.05) is 0 Å². The van der Waals surface area contributed by atoms with Gasteiger partial charge in [-0.2, -0.15) is 0 Å². The van der Waals surface area contributed by atoms with Crippen LogP contribution in [0.1, 0.15) is 29.3 Å². The van der Waals surface area contributed by atoms with Crippen molar-refractivity contribution in [1.29, 1.82) is 0 Å². The molecule has 6 N–H and O–H groups in total. The van der Waals surface area contributed by atoms with Gasteiger partial charge in [-0.15, -0.1) is 0 Å². The third-order valence-electron chi connectivity index (χ3n) is 7.84. The van der Waals surface area contributed by atoms with E-state index in [0.29, 0.717) is 11.3 Å². The molecule has 219 valence electrons. The molecular weight excluding hydrogens is 540 g/mol. The van der Waals surface area contributed by atoms with Crippen molar-refractivity contribution in [3.8, 4) is 5.75 Å². The molecule has 1 aromatic rings. The number of benzene rings is 1. The number of carbonyl (C=O) groups is 5. The van der Waals surface area contributed by atoms with E-state index in [2.05, 4.69) is 10.1 Å². The van der Waals surface area contributed by atoms with E-state index in [4.69, 9.17) is 5.73 Å². The number of phenols is 1. The topological polar surface area (TPSA) is 218 Å². The first-order valence-electron chi connectivity index (χ1n) is 12.6. The normalized spacial score (nSPS) is 25.4. The zero-order chi connectivity index (χ0) is 30.7.